The summed E-state index contributed by atoms with van der Waals surface area (Å²) in [6.45, 7) is 0.978. The summed E-state index contributed by atoms with van der Waals surface area (Å²) in [7, 11) is -0.942. The summed E-state index contributed by atoms with van der Waals surface area (Å²) in [6.07, 6.45) is 7.41. The van der Waals surface area contributed by atoms with E-state index < -0.39 is 33.7 Å². The molecule has 1 N–H and O–H groups in total. The van der Waals surface area contributed by atoms with E-state index >= 15 is 0 Å². The van der Waals surface area contributed by atoms with E-state index in [1.54, 1.807) is 35.4 Å². The van der Waals surface area contributed by atoms with Crippen molar-refractivity contribution < 1.29 is 30.8 Å². The fourth-order valence-electron chi connectivity index (χ4n) is 6.32. The van der Waals surface area contributed by atoms with Crippen LogP contribution in [0.3, 0.4) is 0 Å². The van der Waals surface area contributed by atoms with E-state index in [2.05, 4.69) is 16.2 Å². The zero-order valence-electron chi connectivity index (χ0n) is 27.7. The molecule has 0 aliphatic carbocycles. The van der Waals surface area contributed by atoms with Crippen molar-refractivity contribution in [1.29, 1.82) is 0 Å². The van der Waals surface area contributed by atoms with Crippen LogP contribution >= 0.6 is 0 Å². The highest BCUT2D eigenvalue weighted by atomic mass is 32.2. The molecule has 3 aromatic carbocycles. The van der Waals surface area contributed by atoms with Gasteiger partial charge < -0.3 is 14.6 Å². The molecule has 1 fully saturated rings. The molecule has 2 aliphatic heterocycles. The van der Waals surface area contributed by atoms with Gasteiger partial charge in [0.25, 0.3) is 5.91 Å². The number of carbonyl (C=O) groups excluding carboxylic acids is 1. The molecule has 0 spiro atoms. The number of halogens is 3. The average molecular weight is 713 g/mol. The monoisotopic (exact) mass is 712 g/mol. The van der Waals surface area contributed by atoms with Crippen molar-refractivity contribution in [2.24, 2.45) is 4.99 Å². The first kappa shape index (κ1) is 33.8. The van der Waals surface area contributed by atoms with Crippen LogP contribution in [-0.4, -0.2) is 76.2 Å². The van der Waals surface area contributed by atoms with Crippen molar-refractivity contribution >= 4 is 49.8 Å². The van der Waals surface area contributed by atoms with Gasteiger partial charge >= 0.3 is 0 Å². The standard InChI is InChI=1S/C37H31F3N6O4S/c1-5-25-28(40)7-6-8-31(25)46-17-22-13-29(42-16-30(22)43-34(46)20-45-18-24(39)19-45)26-14-27-33(15-32(26)44(3)51(4,48)49)50-36(35(27)37(47)41-2)21-9-11-23(38)12-10-21/h1,6-16,24H,17-20H2,2-4H3,(H,41,47). The van der Waals surface area contributed by atoms with Gasteiger partial charge in [-0.2, -0.15) is 0 Å². The number of rotatable bonds is 8. The molecule has 51 heavy (non-hydrogen) atoms. The number of sulfonamides is 1. The molecular weight excluding hydrogens is 682 g/mol. The average Bonchev–Trinajstić information content (AvgIpc) is 3.47. The zero-order chi connectivity index (χ0) is 36.2. The lowest BCUT2D eigenvalue weighted by Gasteiger charge is -2.38. The molecule has 5 aromatic rings. The smallest absolute Gasteiger partial charge is 0.255 e. The largest absolute Gasteiger partial charge is 0.455 e. The molecule has 0 radical (unpaired) electrons. The Morgan fingerprint density at radius 1 is 1.14 bits per heavy atom. The van der Waals surface area contributed by atoms with E-state index in [-0.39, 0.29) is 47.8 Å². The van der Waals surface area contributed by atoms with Crippen molar-refractivity contribution in [1.82, 2.24) is 15.2 Å². The van der Waals surface area contributed by atoms with Gasteiger partial charge in [-0.3, -0.25) is 19.0 Å². The summed E-state index contributed by atoms with van der Waals surface area (Å²) in [5.74, 6) is 1.63. The minimum atomic E-state index is -3.80. The Balaban J connectivity index is 1.41. The van der Waals surface area contributed by atoms with Gasteiger partial charge in [-0.1, -0.05) is 12.0 Å². The second-order valence-electron chi connectivity index (χ2n) is 12.4. The van der Waals surface area contributed by atoms with E-state index in [0.29, 0.717) is 51.5 Å². The topological polar surface area (TPSA) is 111 Å². The molecule has 4 heterocycles. The molecule has 7 rings (SSSR count). The minimum Gasteiger partial charge on any atom is -0.455 e. The van der Waals surface area contributed by atoms with Gasteiger partial charge in [0.05, 0.1) is 59.4 Å². The maximum absolute atomic E-state index is 14.9. The number of aromatic nitrogens is 1. The number of fused-ring (bicyclic) bond motifs is 2. The highest BCUT2D eigenvalue weighted by molar-refractivity contribution is 7.92. The van der Waals surface area contributed by atoms with Crippen molar-refractivity contribution in [3.05, 3.63) is 95.2 Å². The van der Waals surface area contributed by atoms with Gasteiger partial charge in [-0.05, 0) is 48.5 Å². The number of alkyl halides is 1. The Bertz CT molecular complexity index is 2400. The molecule has 260 valence electrons. The Kier molecular flexibility index (Phi) is 8.56. The first-order chi connectivity index (χ1) is 24.4. The maximum Gasteiger partial charge on any atom is 0.255 e. The quantitative estimate of drug-likeness (QED) is 0.200. The van der Waals surface area contributed by atoms with Crippen molar-refractivity contribution in [2.45, 2.75) is 12.7 Å². The SMILES string of the molecule is C#Cc1c(F)cccc1N1Cc2cc(-c3cc4c(C(=O)NC)c(-c5ccc(F)cc5)oc4cc3N(C)S(C)(=O)=O)ncc2N=C1CN1CC(F)C1. The van der Waals surface area contributed by atoms with Crippen molar-refractivity contribution in [2.75, 3.05) is 49.2 Å². The van der Waals surface area contributed by atoms with Crippen LogP contribution in [-0.2, 0) is 16.6 Å². The molecule has 0 saturated carbocycles. The Hall–Kier alpha value is -5.65. The number of anilines is 2. The maximum atomic E-state index is 14.9. The number of amides is 1. The number of nitrogens with one attached hydrogen (secondary N) is 1. The number of benzene rings is 3. The number of hydrogen-bond acceptors (Lipinski definition) is 8. The van der Waals surface area contributed by atoms with Crippen LogP contribution in [0.15, 0.2) is 76.3 Å². The van der Waals surface area contributed by atoms with Crippen LogP contribution < -0.4 is 14.5 Å². The third-order valence-corrected chi connectivity index (χ3v) is 10.2. The lowest BCUT2D eigenvalue weighted by atomic mass is 9.99. The molecule has 1 amide bonds. The van der Waals surface area contributed by atoms with Crippen molar-refractivity contribution in [3.63, 3.8) is 0 Å². The fourth-order valence-corrected chi connectivity index (χ4v) is 6.83. The highest BCUT2D eigenvalue weighted by Crippen LogP contribution is 2.42. The lowest BCUT2D eigenvalue weighted by molar-refractivity contribution is 0.0806. The molecule has 2 aliphatic rings. The van der Waals surface area contributed by atoms with E-state index in [1.807, 2.05) is 4.90 Å². The zero-order valence-corrected chi connectivity index (χ0v) is 28.6. The molecule has 0 unspecified atom stereocenters. The Morgan fingerprint density at radius 2 is 1.88 bits per heavy atom. The molecular formula is C37H31F3N6O4S. The van der Waals surface area contributed by atoms with Gasteiger partial charge in [0, 0.05) is 55.3 Å². The van der Waals surface area contributed by atoms with Gasteiger partial charge in [0.2, 0.25) is 10.0 Å². The number of hydrogen-bond donors (Lipinski definition) is 1. The molecule has 2 aromatic heterocycles. The molecule has 10 nitrogen and oxygen atoms in total. The van der Waals surface area contributed by atoms with Crippen LogP contribution in [0.4, 0.5) is 30.2 Å². The number of nitrogens with zero attached hydrogens (tertiary/aromatic N) is 5. The van der Waals surface area contributed by atoms with Gasteiger partial charge in [0.1, 0.15) is 35.0 Å². The van der Waals surface area contributed by atoms with E-state index in [1.165, 1.54) is 50.5 Å². The van der Waals surface area contributed by atoms with Crippen LogP contribution in [0.5, 0.6) is 0 Å². The minimum absolute atomic E-state index is 0.0519. The summed E-state index contributed by atoms with van der Waals surface area (Å²) in [5.41, 5.74) is 3.42. The van der Waals surface area contributed by atoms with Crippen LogP contribution in [0.1, 0.15) is 21.5 Å². The summed E-state index contributed by atoms with van der Waals surface area (Å²) >= 11 is 0. The van der Waals surface area contributed by atoms with Gasteiger partial charge in [-0.15, -0.1) is 6.42 Å². The number of likely N-dealkylation sites (tertiary alicyclic amines) is 1. The summed E-state index contributed by atoms with van der Waals surface area (Å²) < 4.78 is 75.5. The number of terminal acetylenes is 1. The number of furan rings is 1. The van der Waals surface area contributed by atoms with E-state index in [9.17, 15) is 26.4 Å². The molecule has 1 saturated heterocycles. The Morgan fingerprint density at radius 3 is 2.55 bits per heavy atom. The molecule has 0 atom stereocenters. The van der Waals surface area contributed by atoms with Crippen LogP contribution in [0, 0.1) is 24.0 Å². The summed E-state index contributed by atoms with van der Waals surface area (Å²) in [5, 5.41) is 2.99. The third-order valence-electron chi connectivity index (χ3n) is 9.04. The first-order valence-electron chi connectivity index (χ1n) is 15.8. The first-order valence-corrected chi connectivity index (χ1v) is 17.7. The third kappa shape index (κ3) is 6.19. The van der Waals surface area contributed by atoms with Gasteiger partial charge in [0.15, 0.2) is 0 Å². The predicted octanol–water partition coefficient (Wildman–Crippen LogP) is 5.88. The second-order valence-corrected chi connectivity index (χ2v) is 14.4. The summed E-state index contributed by atoms with van der Waals surface area (Å²) in [6, 6.07) is 14.9. The lowest BCUT2D eigenvalue weighted by Crippen LogP contribution is -2.53. The number of amidine groups is 1. The molecule has 14 heteroatoms. The number of aliphatic imine (C=N–C) groups is 1. The summed E-state index contributed by atoms with van der Waals surface area (Å²) in [4.78, 5) is 26.5. The number of pyridine rings is 1. The normalized spacial score (nSPS) is 14.8. The number of carbonyl (C=O) groups is 1. The highest BCUT2D eigenvalue weighted by Gasteiger charge is 2.32. The van der Waals surface area contributed by atoms with Crippen molar-refractivity contribution in [3.8, 4) is 34.9 Å². The van der Waals surface area contributed by atoms with E-state index in [4.69, 9.17) is 15.8 Å². The second kappa shape index (κ2) is 12.9. The Labute approximate surface area is 292 Å². The van der Waals surface area contributed by atoms with E-state index in [0.717, 1.165) is 10.6 Å². The fraction of sp³-hybridized carbons (Fsp3) is 0.216. The van der Waals surface area contributed by atoms with Crippen LogP contribution in [0.25, 0.3) is 33.6 Å². The van der Waals surface area contributed by atoms with Crippen LogP contribution in [0.2, 0.25) is 0 Å². The predicted molar refractivity (Wildman–Crippen MR) is 190 cm³/mol. The van der Waals surface area contributed by atoms with Gasteiger partial charge in [-0.25, -0.2) is 26.6 Å². The molecule has 0 bridgehead atoms.